The quantitative estimate of drug-likeness (QED) is 0.342. The lowest BCUT2D eigenvalue weighted by Crippen LogP contribution is -2.40. The highest BCUT2D eigenvalue weighted by Crippen LogP contribution is 2.65. The molecule has 2 aromatic rings. The van der Waals surface area contributed by atoms with Crippen molar-refractivity contribution in [1.82, 2.24) is 0 Å². The minimum absolute atomic E-state index is 0.0801. The van der Waals surface area contributed by atoms with E-state index in [2.05, 4.69) is 12.2 Å². The van der Waals surface area contributed by atoms with Crippen LogP contribution in [0.5, 0.6) is 5.75 Å². The van der Waals surface area contributed by atoms with Crippen molar-refractivity contribution in [2.24, 2.45) is 35.5 Å². The molecule has 1 heterocycles. The molecule has 0 N–H and O–H groups in total. The van der Waals surface area contributed by atoms with Crippen LogP contribution in [-0.4, -0.2) is 17.8 Å². The van der Waals surface area contributed by atoms with Gasteiger partial charge in [-0.1, -0.05) is 42.5 Å². The van der Waals surface area contributed by atoms with Gasteiger partial charge in [0.25, 0.3) is 0 Å². The molecule has 5 aliphatic rings. The van der Waals surface area contributed by atoms with Gasteiger partial charge in [-0.15, -0.1) is 0 Å². The first kappa shape index (κ1) is 17.6. The van der Waals surface area contributed by atoms with Gasteiger partial charge in [-0.3, -0.25) is 19.3 Å². The largest absolute Gasteiger partial charge is 0.426 e. The summed E-state index contributed by atoms with van der Waals surface area (Å²) in [6.07, 6.45) is 5.68. The van der Waals surface area contributed by atoms with Crippen molar-refractivity contribution >= 4 is 23.5 Å². The molecule has 3 fully saturated rings. The van der Waals surface area contributed by atoms with Crippen LogP contribution in [0.15, 0.2) is 66.7 Å². The maximum absolute atomic E-state index is 13.2. The van der Waals surface area contributed by atoms with Crippen molar-refractivity contribution in [2.75, 3.05) is 4.90 Å². The van der Waals surface area contributed by atoms with E-state index in [-0.39, 0.29) is 47.9 Å². The zero-order chi connectivity index (χ0) is 20.4. The maximum Gasteiger partial charge on any atom is 0.315 e. The maximum atomic E-state index is 13.2. The zero-order valence-electron chi connectivity index (χ0n) is 16.3. The van der Waals surface area contributed by atoms with Gasteiger partial charge in [-0.2, -0.15) is 0 Å². The van der Waals surface area contributed by atoms with E-state index in [4.69, 9.17) is 4.74 Å². The lowest BCUT2D eigenvalue weighted by molar-refractivity contribution is -0.133. The van der Waals surface area contributed by atoms with Gasteiger partial charge in [0.05, 0.1) is 23.9 Å². The number of esters is 1. The molecule has 0 unspecified atom stereocenters. The molecule has 0 aromatic heterocycles. The molecule has 2 aromatic carbocycles. The van der Waals surface area contributed by atoms with Crippen LogP contribution in [-0.2, 0) is 20.8 Å². The number of ether oxygens (including phenoxy) is 1. The van der Waals surface area contributed by atoms with Crippen LogP contribution in [0, 0.1) is 35.5 Å². The molecule has 7 rings (SSSR count). The average Bonchev–Trinajstić information content (AvgIpc) is 3.53. The second-order valence-electron chi connectivity index (χ2n) is 8.80. The van der Waals surface area contributed by atoms with Crippen LogP contribution in [0.2, 0.25) is 0 Å². The summed E-state index contributed by atoms with van der Waals surface area (Å²) in [6, 6.07) is 16.1. The van der Waals surface area contributed by atoms with Crippen LogP contribution in [0.4, 0.5) is 5.69 Å². The molecule has 6 atom stereocenters. The number of benzene rings is 2. The minimum atomic E-state index is -0.352. The van der Waals surface area contributed by atoms with Crippen molar-refractivity contribution in [3.05, 3.63) is 72.3 Å². The third-order valence-electron chi connectivity index (χ3n) is 7.18. The van der Waals surface area contributed by atoms with Gasteiger partial charge >= 0.3 is 5.97 Å². The fourth-order valence-corrected chi connectivity index (χ4v) is 5.80. The van der Waals surface area contributed by atoms with Gasteiger partial charge in [-0.05, 0) is 59.9 Å². The average molecular weight is 399 g/mol. The molecule has 5 nitrogen and oxygen atoms in total. The molecule has 5 heteroatoms. The Morgan fingerprint density at radius 2 is 1.47 bits per heavy atom. The number of allylic oxidation sites excluding steroid dienone is 2. The van der Waals surface area contributed by atoms with Crippen LogP contribution in [0.3, 0.4) is 0 Å². The van der Waals surface area contributed by atoms with E-state index in [1.165, 1.54) is 4.90 Å². The lowest BCUT2D eigenvalue weighted by atomic mass is 9.63. The van der Waals surface area contributed by atoms with Gasteiger partial charge < -0.3 is 4.74 Å². The Labute approximate surface area is 174 Å². The number of anilines is 1. The molecule has 30 heavy (non-hydrogen) atoms. The van der Waals surface area contributed by atoms with E-state index in [1.807, 2.05) is 30.3 Å². The van der Waals surface area contributed by atoms with Crippen molar-refractivity contribution in [2.45, 2.75) is 12.8 Å². The van der Waals surface area contributed by atoms with E-state index in [0.29, 0.717) is 23.3 Å². The number of amides is 2. The summed E-state index contributed by atoms with van der Waals surface area (Å²) in [5.41, 5.74) is 1.44. The molecule has 2 saturated carbocycles. The van der Waals surface area contributed by atoms with E-state index in [9.17, 15) is 14.4 Å². The van der Waals surface area contributed by atoms with Crippen molar-refractivity contribution in [3.63, 3.8) is 0 Å². The number of imide groups is 1. The first-order chi connectivity index (χ1) is 14.6. The summed E-state index contributed by atoms with van der Waals surface area (Å²) >= 11 is 0. The fraction of sp³-hybridized carbons (Fsp3) is 0.320. The third kappa shape index (κ3) is 2.58. The SMILES string of the molecule is O=C(Cc1ccccc1)Oc1ccc(N2C(=O)[C@@H]3[C@H]4C=C[C@@H]([C@@H]5C[C@@H]45)[C@H]3C2=O)cc1. The van der Waals surface area contributed by atoms with Gasteiger partial charge in [-0.25, -0.2) is 0 Å². The molecule has 0 spiro atoms. The number of nitrogens with zero attached hydrogens (tertiary/aromatic N) is 1. The van der Waals surface area contributed by atoms with Crippen LogP contribution in [0.25, 0.3) is 0 Å². The summed E-state index contributed by atoms with van der Waals surface area (Å²) in [4.78, 5) is 39.8. The van der Waals surface area contributed by atoms with E-state index in [0.717, 1.165) is 12.0 Å². The summed E-state index contributed by atoms with van der Waals surface area (Å²) in [5, 5.41) is 0. The monoisotopic (exact) mass is 399 g/mol. The highest BCUT2D eigenvalue weighted by Gasteiger charge is 2.67. The molecular weight excluding hydrogens is 378 g/mol. The summed E-state index contributed by atoms with van der Waals surface area (Å²) < 4.78 is 5.41. The summed E-state index contributed by atoms with van der Waals surface area (Å²) in [7, 11) is 0. The molecule has 1 aliphatic heterocycles. The first-order valence-corrected chi connectivity index (χ1v) is 10.5. The number of hydrogen-bond acceptors (Lipinski definition) is 4. The topological polar surface area (TPSA) is 63.7 Å². The zero-order valence-corrected chi connectivity index (χ0v) is 16.3. The highest BCUT2D eigenvalue weighted by atomic mass is 16.5. The standard InChI is InChI=1S/C25H21NO4/c27-21(12-14-4-2-1-3-5-14)30-16-8-6-15(7-9-16)26-24(28)22-17-10-11-18(20-13-19(17)20)23(22)25(26)29/h1-11,17-20,22-23H,12-13H2/t17-,18-,19-,20-,22+,23+/m0/s1. The van der Waals surface area contributed by atoms with Gasteiger partial charge in [0.15, 0.2) is 0 Å². The molecule has 2 bridgehead atoms. The normalized spacial score (nSPS) is 32.7. The molecule has 150 valence electrons. The van der Waals surface area contributed by atoms with Gasteiger partial charge in [0.2, 0.25) is 11.8 Å². The van der Waals surface area contributed by atoms with Gasteiger partial charge in [0.1, 0.15) is 5.75 Å². The lowest BCUT2D eigenvalue weighted by Gasteiger charge is -2.37. The number of carbonyl (C=O) groups excluding carboxylic acids is 3. The molecule has 4 aliphatic carbocycles. The smallest absolute Gasteiger partial charge is 0.315 e. The molecule has 2 amide bonds. The van der Waals surface area contributed by atoms with Crippen molar-refractivity contribution in [1.29, 1.82) is 0 Å². The third-order valence-corrected chi connectivity index (χ3v) is 7.18. The van der Waals surface area contributed by atoms with Crippen molar-refractivity contribution in [3.8, 4) is 5.75 Å². The fourth-order valence-electron chi connectivity index (χ4n) is 5.80. The Morgan fingerprint density at radius 1 is 0.867 bits per heavy atom. The van der Waals surface area contributed by atoms with Crippen LogP contribution >= 0.6 is 0 Å². The minimum Gasteiger partial charge on any atom is -0.426 e. The van der Waals surface area contributed by atoms with E-state index >= 15 is 0 Å². The Kier molecular flexibility index (Phi) is 3.76. The molecule has 0 radical (unpaired) electrons. The van der Waals surface area contributed by atoms with Gasteiger partial charge in [0, 0.05) is 0 Å². The van der Waals surface area contributed by atoms with Crippen LogP contribution < -0.4 is 9.64 Å². The number of carbonyl (C=O) groups is 3. The first-order valence-electron chi connectivity index (χ1n) is 10.5. The highest BCUT2D eigenvalue weighted by molar-refractivity contribution is 6.22. The number of rotatable bonds is 4. The predicted octanol–water partition coefficient (Wildman–Crippen LogP) is 3.39. The Bertz CT molecular complexity index is 1040. The Hall–Kier alpha value is -3.21. The second-order valence-corrected chi connectivity index (χ2v) is 8.80. The molecular formula is C25H21NO4. The Morgan fingerprint density at radius 3 is 2.07 bits per heavy atom. The predicted molar refractivity (Wildman–Crippen MR) is 109 cm³/mol. The number of hydrogen-bond donors (Lipinski definition) is 0. The van der Waals surface area contributed by atoms with E-state index < -0.39 is 0 Å². The Balaban J connectivity index is 1.18. The molecule has 1 saturated heterocycles. The summed E-state index contributed by atoms with van der Waals surface area (Å²) in [5.74, 6) is 1.07. The summed E-state index contributed by atoms with van der Waals surface area (Å²) in [6.45, 7) is 0. The van der Waals surface area contributed by atoms with Crippen LogP contribution in [0.1, 0.15) is 12.0 Å². The van der Waals surface area contributed by atoms with E-state index in [1.54, 1.807) is 24.3 Å². The second kappa shape index (κ2) is 6.39. The van der Waals surface area contributed by atoms with Crippen molar-refractivity contribution < 1.29 is 19.1 Å².